The third kappa shape index (κ3) is 3.10. The molecule has 0 radical (unpaired) electrons. The number of anilines is 2. The molecule has 0 saturated heterocycles. The fourth-order valence-electron chi connectivity index (χ4n) is 1.79. The van der Waals surface area contributed by atoms with Crippen LogP contribution in [-0.4, -0.2) is 9.97 Å². The van der Waals surface area contributed by atoms with E-state index in [4.69, 9.17) is 5.73 Å². The van der Waals surface area contributed by atoms with Crippen LogP contribution in [0.2, 0.25) is 0 Å². The quantitative estimate of drug-likeness (QED) is 0.905. The molecule has 2 heterocycles. The van der Waals surface area contributed by atoms with Gasteiger partial charge in [-0.2, -0.15) is 11.3 Å². The van der Waals surface area contributed by atoms with Crippen molar-refractivity contribution in [2.75, 3.05) is 11.1 Å². The average Bonchev–Trinajstić information content (AvgIpc) is 2.75. The molecule has 0 unspecified atom stereocenters. The molecule has 0 aromatic carbocycles. The lowest BCUT2D eigenvalue weighted by atomic mass is 9.95. The number of nitrogens with one attached hydrogen (secondary N) is 1. The topological polar surface area (TPSA) is 63.8 Å². The van der Waals surface area contributed by atoms with Crippen LogP contribution in [0.1, 0.15) is 43.3 Å². The number of aryl methyl sites for hydroxylation is 1. The molecule has 0 bridgehead atoms. The second kappa shape index (κ2) is 5.40. The summed E-state index contributed by atoms with van der Waals surface area (Å²) in [6, 6.07) is 0. The zero-order valence-electron chi connectivity index (χ0n) is 12.7. The molecule has 0 spiro atoms. The van der Waals surface area contributed by atoms with Crippen LogP contribution in [0.3, 0.4) is 0 Å². The summed E-state index contributed by atoms with van der Waals surface area (Å²) in [5, 5.41) is 7.70. The Morgan fingerprint density at radius 3 is 2.45 bits per heavy atom. The summed E-state index contributed by atoms with van der Waals surface area (Å²) < 4.78 is 0. The van der Waals surface area contributed by atoms with Crippen molar-refractivity contribution in [3.63, 3.8) is 0 Å². The van der Waals surface area contributed by atoms with Gasteiger partial charge in [0.15, 0.2) is 0 Å². The summed E-state index contributed by atoms with van der Waals surface area (Å²) in [7, 11) is 0. The number of nitrogens with two attached hydrogens (primary N) is 1. The van der Waals surface area contributed by atoms with E-state index in [1.165, 1.54) is 11.1 Å². The molecule has 4 nitrogen and oxygen atoms in total. The smallest absolute Gasteiger partial charge is 0.138 e. The first-order chi connectivity index (χ1) is 9.29. The first-order valence-electron chi connectivity index (χ1n) is 6.69. The van der Waals surface area contributed by atoms with Gasteiger partial charge in [-0.05, 0) is 35.7 Å². The molecule has 2 aromatic rings. The molecule has 0 fully saturated rings. The fraction of sp³-hybridized carbons (Fsp3) is 0.467. The molecule has 20 heavy (non-hydrogen) atoms. The summed E-state index contributed by atoms with van der Waals surface area (Å²) in [4.78, 5) is 9.03. The standard InChI is InChI=1S/C15H22N4S/c1-9-7-20-8-11(9)6-17-13-10(2)12(16)18-14(19-13)15(3,4)5/h7-8H,6H2,1-5H3,(H3,16,17,18,19). The molecule has 0 saturated carbocycles. The van der Waals surface area contributed by atoms with Gasteiger partial charge >= 0.3 is 0 Å². The van der Waals surface area contributed by atoms with E-state index < -0.39 is 0 Å². The number of rotatable bonds is 3. The number of aromatic nitrogens is 2. The van der Waals surface area contributed by atoms with Gasteiger partial charge in [0.25, 0.3) is 0 Å². The predicted octanol–water partition coefficient (Wildman–Crippen LogP) is 3.65. The molecule has 0 atom stereocenters. The van der Waals surface area contributed by atoms with Gasteiger partial charge < -0.3 is 11.1 Å². The highest BCUT2D eigenvalue weighted by molar-refractivity contribution is 7.08. The highest BCUT2D eigenvalue weighted by Gasteiger charge is 2.20. The Bertz CT molecular complexity index is 611. The van der Waals surface area contributed by atoms with Gasteiger partial charge in [-0.1, -0.05) is 20.8 Å². The van der Waals surface area contributed by atoms with Gasteiger partial charge in [-0.15, -0.1) is 0 Å². The maximum atomic E-state index is 6.01. The van der Waals surface area contributed by atoms with Gasteiger partial charge in [-0.3, -0.25) is 0 Å². The van der Waals surface area contributed by atoms with Gasteiger partial charge in [-0.25, -0.2) is 9.97 Å². The zero-order chi connectivity index (χ0) is 14.9. The SMILES string of the molecule is Cc1cscc1CNc1nc(C(C)(C)C)nc(N)c1C. The average molecular weight is 290 g/mol. The molecule has 0 aliphatic carbocycles. The van der Waals surface area contributed by atoms with Crippen LogP contribution in [-0.2, 0) is 12.0 Å². The summed E-state index contributed by atoms with van der Waals surface area (Å²) >= 11 is 1.72. The van der Waals surface area contributed by atoms with Crippen molar-refractivity contribution in [3.05, 3.63) is 33.3 Å². The third-order valence-corrected chi connectivity index (χ3v) is 4.17. The van der Waals surface area contributed by atoms with Crippen molar-refractivity contribution < 1.29 is 0 Å². The second-order valence-electron chi connectivity index (χ2n) is 6.09. The predicted molar refractivity (Wildman–Crippen MR) is 86.3 cm³/mol. The van der Waals surface area contributed by atoms with Crippen molar-refractivity contribution >= 4 is 23.0 Å². The van der Waals surface area contributed by atoms with Gasteiger partial charge in [0.2, 0.25) is 0 Å². The van der Waals surface area contributed by atoms with Gasteiger partial charge in [0.05, 0.1) is 0 Å². The van der Waals surface area contributed by atoms with Crippen LogP contribution in [0.5, 0.6) is 0 Å². The number of nitrogen functional groups attached to an aromatic ring is 1. The number of nitrogens with zero attached hydrogens (tertiary/aromatic N) is 2. The largest absolute Gasteiger partial charge is 0.383 e. The van der Waals surface area contributed by atoms with Crippen LogP contribution in [0, 0.1) is 13.8 Å². The highest BCUT2D eigenvalue weighted by Crippen LogP contribution is 2.25. The van der Waals surface area contributed by atoms with Crippen LogP contribution < -0.4 is 11.1 Å². The Balaban J connectivity index is 2.27. The second-order valence-corrected chi connectivity index (χ2v) is 6.83. The molecule has 2 rings (SSSR count). The first-order valence-corrected chi connectivity index (χ1v) is 7.63. The van der Waals surface area contributed by atoms with Crippen molar-refractivity contribution in [2.45, 2.75) is 46.6 Å². The molecule has 0 aliphatic heterocycles. The minimum atomic E-state index is -0.115. The molecule has 5 heteroatoms. The fourth-order valence-corrected chi connectivity index (χ4v) is 2.65. The normalized spacial score (nSPS) is 11.7. The Morgan fingerprint density at radius 2 is 1.90 bits per heavy atom. The Labute approximate surface area is 124 Å². The van der Waals surface area contributed by atoms with E-state index in [1.807, 2.05) is 6.92 Å². The van der Waals surface area contributed by atoms with E-state index in [-0.39, 0.29) is 5.41 Å². The Hall–Kier alpha value is -1.62. The molecular weight excluding hydrogens is 268 g/mol. The molecular formula is C15H22N4S. The monoisotopic (exact) mass is 290 g/mol. The van der Waals surface area contributed by atoms with E-state index in [2.05, 4.69) is 53.7 Å². The number of hydrogen-bond donors (Lipinski definition) is 2. The number of thiophene rings is 1. The van der Waals surface area contributed by atoms with E-state index >= 15 is 0 Å². The van der Waals surface area contributed by atoms with Gasteiger partial charge in [0.1, 0.15) is 17.5 Å². The number of hydrogen-bond acceptors (Lipinski definition) is 5. The van der Waals surface area contributed by atoms with Crippen molar-refractivity contribution in [3.8, 4) is 0 Å². The molecule has 0 amide bonds. The first kappa shape index (κ1) is 14.8. The van der Waals surface area contributed by atoms with Crippen LogP contribution >= 0.6 is 11.3 Å². The molecule has 2 aromatic heterocycles. The maximum Gasteiger partial charge on any atom is 0.138 e. The summed E-state index contributed by atoms with van der Waals surface area (Å²) in [6.45, 7) is 11.1. The van der Waals surface area contributed by atoms with Crippen LogP contribution in [0.15, 0.2) is 10.8 Å². The lowest BCUT2D eigenvalue weighted by Crippen LogP contribution is -2.19. The molecule has 108 valence electrons. The van der Waals surface area contributed by atoms with E-state index in [9.17, 15) is 0 Å². The minimum absolute atomic E-state index is 0.115. The van der Waals surface area contributed by atoms with E-state index in [1.54, 1.807) is 11.3 Å². The summed E-state index contributed by atoms with van der Waals surface area (Å²) in [5.74, 6) is 2.15. The van der Waals surface area contributed by atoms with Crippen LogP contribution in [0.4, 0.5) is 11.6 Å². The van der Waals surface area contributed by atoms with E-state index in [0.717, 1.165) is 23.8 Å². The Morgan fingerprint density at radius 1 is 1.20 bits per heavy atom. The van der Waals surface area contributed by atoms with Crippen molar-refractivity contribution in [1.82, 2.24) is 9.97 Å². The summed E-state index contributed by atoms with van der Waals surface area (Å²) in [5.41, 5.74) is 9.40. The van der Waals surface area contributed by atoms with Crippen LogP contribution in [0.25, 0.3) is 0 Å². The molecule has 3 N–H and O–H groups in total. The van der Waals surface area contributed by atoms with Crippen molar-refractivity contribution in [2.24, 2.45) is 0 Å². The lowest BCUT2D eigenvalue weighted by molar-refractivity contribution is 0.546. The Kier molecular flexibility index (Phi) is 3.99. The van der Waals surface area contributed by atoms with E-state index in [0.29, 0.717) is 5.82 Å². The third-order valence-electron chi connectivity index (χ3n) is 3.26. The molecule has 0 aliphatic rings. The lowest BCUT2D eigenvalue weighted by Gasteiger charge is -2.19. The summed E-state index contributed by atoms with van der Waals surface area (Å²) in [6.07, 6.45) is 0. The van der Waals surface area contributed by atoms with Crippen molar-refractivity contribution in [1.29, 1.82) is 0 Å². The highest BCUT2D eigenvalue weighted by atomic mass is 32.1. The minimum Gasteiger partial charge on any atom is -0.383 e. The van der Waals surface area contributed by atoms with Gasteiger partial charge in [0, 0.05) is 17.5 Å². The maximum absolute atomic E-state index is 6.01. The zero-order valence-corrected chi connectivity index (χ0v) is 13.6.